The van der Waals surface area contributed by atoms with Crippen LogP contribution >= 0.6 is 15.9 Å². The van der Waals surface area contributed by atoms with E-state index >= 15 is 0 Å². The molecule has 0 spiro atoms. The Kier molecular flexibility index (Phi) is 3.69. The van der Waals surface area contributed by atoms with Gasteiger partial charge in [0.25, 0.3) is 0 Å². The smallest absolute Gasteiger partial charge is 0.201 e. The monoisotopic (exact) mass is 333 g/mol. The Morgan fingerprint density at radius 2 is 2.05 bits per heavy atom. The second-order valence-corrected chi connectivity index (χ2v) is 5.43. The van der Waals surface area contributed by atoms with Crippen molar-refractivity contribution in [2.24, 2.45) is 0 Å². The molecular weight excluding hydrogens is 321 g/mol. The van der Waals surface area contributed by atoms with Gasteiger partial charge in [0.1, 0.15) is 5.82 Å². The number of halogens is 2. The molecule has 0 aliphatic heterocycles. The van der Waals surface area contributed by atoms with Crippen LogP contribution in [0.1, 0.15) is 5.56 Å². The van der Waals surface area contributed by atoms with Crippen molar-refractivity contribution in [2.75, 3.05) is 11.9 Å². The molecule has 102 valence electrons. The fraction of sp³-hybridized carbons (Fsp3) is 0.133. The number of aromatic amines is 1. The summed E-state index contributed by atoms with van der Waals surface area (Å²) in [7, 11) is 0. The summed E-state index contributed by atoms with van der Waals surface area (Å²) in [6.45, 7) is 0.618. The molecule has 2 N–H and O–H groups in total. The summed E-state index contributed by atoms with van der Waals surface area (Å²) >= 11 is 3.35. The second kappa shape index (κ2) is 5.63. The van der Waals surface area contributed by atoms with E-state index in [0.717, 1.165) is 15.5 Å². The average molecular weight is 334 g/mol. The van der Waals surface area contributed by atoms with Gasteiger partial charge in [0.15, 0.2) is 0 Å². The Morgan fingerprint density at radius 1 is 1.20 bits per heavy atom. The maximum absolute atomic E-state index is 13.6. The number of nitrogens with zero attached hydrogens (tertiary/aromatic N) is 1. The van der Waals surface area contributed by atoms with Gasteiger partial charge in [0.2, 0.25) is 5.95 Å². The van der Waals surface area contributed by atoms with E-state index < -0.39 is 0 Å². The van der Waals surface area contributed by atoms with Gasteiger partial charge in [0.05, 0.1) is 11.0 Å². The van der Waals surface area contributed by atoms with E-state index in [2.05, 4.69) is 31.2 Å². The predicted molar refractivity (Wildman–Crippen MR) is 82.4 cm³/mol. The topological polar surface area (TPSA) is 40.7 Å². The van der Waals surface area contributed by atoms with E-state index in [1.807, 2.05) is 24.3 Å². The highest BCUT2D eigenvalue weighted by Gasteiger charge is 2.04. The van der Waals surface area contributed by atoms with Gasteiger partial charge in [-0.25, -0.2) is 9.37 Å². The molecule has 0 radical (unpaired) electrons. The van der Waals surface area contributed by atoms with Crippen molar-refractivity contribution in [3.05, 3.63) is 58.3 Å². The minimum atomic E-state index is -0.181. The number of anilines is 1. The molecule has 0 atom stereocenters. The zero-order chi connectivity index (χ0) is 13.9. The fourth-order valence-corrected chi connectivity index (χ4v) is 2.50. The van der Waals surface area contributed by atoms with Crippen molar-refractivity contribution in [3.8, 4) is 0 Å². The first-order valence-corrected chi connectivity index (χ1v) is 7.14. The number of rotatable bonds is 4. The van der Waals surface area contributed by atoms with Gasteiger partial charge in [0, 0.05) is 11.0 Å². The van der Waals surface area contributed by atoms with E-state index in [1.165, 1.54) is 6.07 Å². The number of H-pyrrole nitrogens is 1. The summed E-state index contributed by atoms with van der Waals surface area (Å²) in [6.07, 6.45) is 0.600. The predicted octanol–water partition coefficient (Wildman–Crippen LogP) is 4.12. The average Bonchev–Trinajstić information content (AvgIpc) is 2.85. The van der Waals surface area contributed by atoms with Crippen LogP contribution in [-0.2, 0) is 6.42 Å². The molecule has 0 fully saturated rings. The van der Waals surface area contributed by atoms with Crippen molar-refractivity contribution in [3.63, 3.8) is 0 Å². The molecule has 1 aromatic heterocycles. The normalized spacial score (nSPS) is 10.9. The SMILES string of the molecule is Fc1ccc(Br)cc1CCNc1nc2ccccc2[nH]1. The van der Waals surface area contributed by atoms with E-state index in [0.29, 0.717) is 24.5 Å². The molecule has 0 amide bonds. The van der Waals surface area contributed by atoms with E-state index in [9.17, 15) is 4.39 Å². The third kappa shape index (κ3) is 2.82. The van der Waals surface area contributed by atoms with Crippen molar-refractivity contribution in [1.29, 1.82) is 0 Å². The first-order chi connectivity index (χ1) is 9.72. The molecule has 0 aliphatic carbocycles. The molecule has 0 unspecified atom stereocenters. The summed E-state index contributed by atoms with van der Waals surface area (Å²) < 4.78 is 14.5. The van der Waals surface area contributed by atoms with E-state index in [1.54, 1.807) is 12.1 Å². The van der Waals surface area contributed by atoms with E-state index in [4.69, 9.17) is 0 Å². The number of para-hydroxylation sites is 2. The molecule has 0 saturated heterocycles. The first-order valence-electron chi connectivity index (χ1n) is 6.35. The Balaban J connectivity index is 1.66. The van der Waals surface area contributed by atoms with Crippen molar-refractivity contribution in [2.45, 2.75) is 6.42 Å². The largest absolute Gasteiger partial charge is 0.355 e. The quantitative estimate of drug-likeness (QED) is 0.754. The van der Waals surface area contributed by atoms with Gasteiger partial charge in [-0.15, -0.1) is 0 Å². The highest BCUT2D eigenvalue weighted by atomic mass is 79.9. The zero-order valence-corrected chi connectivity index (χ0v) is 12.2. The molecular formula is C15H13BrFN3. The van der Waals surface area contributed by atoms with Crippen LogP contribution in [-0.4, -0.2) is 16.5 Å². The first kappa shape index (κ1) is 13.1. The number of hydrogen-bond donors (Lipinski definition) is 2. The molecule has 2 aromatic carbocycles. The van der Waals surface area contributed by atoms with Crippen LogP contribution < -0.4 is 5.32 Å². The summed E-state index contributed by atoms with van der Waals surface area (Å²) in [5, 5.41) is 3.18. The molecule has 5 heteroatoms. The van der Waals surface area contributed by atoms with Gasteiger partial charge in [-0.3, -0.25) is 0 Å². The highest BCUT2D eigenvalue weighted by Crippen LogP contribution is 2.17. The number of imidazole rings is 1. The van der Waals surface area contributed by atoms with Crippen LogP contribution in [0.2, 0.25) is 0 Å². The molecule has 0 saturated carbocycles. The molecule has 3 aromatic rings. The Morgan fingerprint density at radius 3 is 2.90 bits per heavy atom. The molecule has 3 rings (SSSR count). The Bertz CT molecular complexity index is 706. The van der Waals surface area contributed by atoms with Gasteiger partial charge in [-0.1, -0.05) is 28.1 Å². The summed E-state index contributed by atoms with van der Waals surface area (Å²) in [5.74, 6) is 0.529. The molecule has 20 heavy (non-hydrogen) atoms. The van der Waals surface area contributed by atoms with Crippen LogP contribution in [0.3, 0.4) is 0 Å². The Hall–Kier alpha value is -1.88. The molecule has 0 bridgehead atoms. The van der Waals surface area contributed by atoms with E-state index in [-0.39, 0.29) is 5.82 Å². The summed E-state index contributed by atoms with van der Waals surface area (Å²) in [5.41, 5.74) is 2.59. The third-order valence-electron chi connectivity index (χ3n) is 3.08. The minimum absolute atomic E-state index is 0.181. The molecule has 1 heterocycles. The Labute approximate surface area is 124 Å². The van der Waals surface area contributed by atoms with Crippen molar-refractivity contribution >= 4 is 32.9 Å². The van der Waals surface area contributed by atoms with Crippen molar-refractivity contribution < 1.29 is 4.39 Å². The van der Waals surface area contributed by atoms with Gasteiger partial charge in [-0.2, -0.15) is 0 Å². The maximum atomic E-state index is 13.6. The van der Waals surface area contributed by atoms with Crippen LogP contribution in [0.5, 0.6) is 0 Å². The highest BCUT2D eigenvalue weighted by molar-refractivity contribution is 9.10. The molecule has 0 aliphatic rings. The second-order valence-electron chi connectivity index (χ2n) is 4.52. The fourth-order valence-electron chi connectivity index (χ4n) is 2.09. The van der Waals surface area contributed by atoms with Gasteiger partial charge < -0.3 is 10.3 Å². The lowest BCUT2D eigenvalue weighted by molar-refractivity contribution is 0.610. The number of aromatic nitrogens is 2. The van der Waals surface area contributed by atoms with Crippen LogP contribution in [0.25, 0.3) is 11.0 Å². The van der Waals surface area contributed by atoms with Crippen LogP contribution in [0, 0.1) is 5.82 Å². The zero-order valence-electron chi connectivity index (χ0n) is 10.7. The van der Waals surface area contributed by atoms with Crippen LogP contribution in [0.4, 0.5) is 10.3 Å². The lowest BCUT2D eigenvalue weighted by atomic mass is 10.1. The standard InChI is InChI=1S/C15H13BrFN3/c16-11-5-6-12(17)10(9-11)7-8-18-15-19-13-3-1-2-4-14(13)20-15/h1-6,9H,7-8H2,(H2,18,19,20). The number of hydrogen-bond acceptors (Lipinski definition) is 2. The number of benzene rings is 2. The lowest BCUT2D eigenvalue weighted by Crippen LogP contribution is -2.07. The van der Waals surface area contributed by atoms with Crippen molar-refractivity contribution in [1.82, 2.24) is 9.97 Å². The summed E-state index contributed by atoms with van der Waals surface area (Å²) in [4.78, 5) is 7.60. The third-order valence-corrected chi connectivity index (χ3v) is 3.58. The molecule has 3 nitrogen and oxygen atoms in total. The van der Waals surface area contributed by atoms with Gasteiger partial charge >= 0.3 is 0 Å². The number of fused-ring (bicyclic) bond motifs is 1. The van der Waals surface area contributed by atoms with Gasteiger partial charge in [-0.05, 0) is 42.3 Å². The van der Waals surface area contributed by atoms with Crippen LogP contribution in [0.15, 0.2) is 46.9 Å². The maximum Gasteiger partial charge on any atom is 0.201 e. The number of nitrogens with one attached hydrogen (secondary N) is 2. The minimum Gasteiger partial charge on any atom is -0.355 e. The summed E-state index contributed by atoms with van der Waals surface area (Å²) in [6, 6.07) is 12.8. The lowest BCUT2D eigenvalue weighted by Gasteiger charge is -2.05.